The minimum Gasteiger partial charge on any atom is -0.357 e. The van der Waals surface area contributed by atoms with Crippen molar-refractivity contribution in [2.75, 3.05) is 13.1 Å². The van der Waals surface area contributed by atoms with Gasteiger partial charge in [0.15, 0.2) is 5.96 Å². The van der Waals surface area contributed by atoms with Gasteiger partial charge in [-0.25, -0.2) is 4.99 Å². The Morgan fingerprint density at radius 1 is 1.11 bits per heavy atom. The second-order valence-electron chi connectivity index (χ2n) is 7.60. The van der Waals surface area contributed by atoms with Crippen molar-refractivity contribution < 1.29 is 4.79 Å². The third-order valence-electron chi connectivity index (χ3n) is 3.84. The molecule has 6 nitrogen and oxygen atoms in total. The number of carbonyl (C=O) groups is 1. The van der Waals surface area contributed by atoms with Gasteiger partial charge in [-0.15, -0.1) is 0 Å². The van der Waals surface area contributed by atoms with Crippen LogP contribution in [0.5, 0.6) is 0 Å². The molecule has 0 unspecified atom stereocenters. The van der Waals surface area contributed by atoms with Crippen LogP contribution in [0.25, 0.3) is 0 Å². The monoisotopic (exact) mass is 381 g/mol. The van der Waals surface area contributed by atoms with Gasteiger partial charge >= 0.3 is 0 Å². The molecule has 0 radical (unpaired) electrons. The summed E-state index contributed by atoms with van der Waals surface area (Å²) in [5, 5.41) is 9.56. The second kappa shape index (κ2) is 10.4. The lowest BCUT2D eigenvalue weighted by molar-refractivity contribution is 0.0919. The van der Waals surface area contributed by atoms with E-state index in [1.807, 2.05) is 70.2 Å². The Hall–Kier alpha value is -2.89. The first-order valence-corrected chi connectivity index (χ1v) is 9.71. The minimum absolute atomic E-state index is 0.0706. The van der Waals surface area contributed by atoms with E-state index in [0.29, 0.717) is 12.1 Å². The number of nitrogens with zero attached hydrogens (tertiary/aromatic N) is 2. The summed E-state index contributed by atoms with van der Waals surface area (Å²) >= 11 is 0. The SMILES string of the molecule is CCNC(=NCc1cccc(C(=O)NC(C)(C)C)c1)NCCc1ccccn1. The Morgan fingerprint density at radius 2 is 1.93 bits per heavy atom. The van der Waals surface area contributed by atoms with Crippen LogP contribution in [0.2, 0.25) is 0 Å². The van der Waals surface area contributed by atoms with Crippen molar-refractivity contribution in [3.8, 4) is 0 Å². The molecule has 2 rings (SSSR count). The van der Waals surface area contributed by atoms with Crippen LogP contribution in [-0.4, -0.2) is 35.5 Å². The van der Waals surface area contributed by atoms with Gasteiger partial charge in [0.1, 0.15) is 0 Å². The maximum absolute atomic E-state index is 12.4. The van der Waals surface area contributed by atoms with Crippen LogP contribution in [0.4, 0.5) is 0 Å². The highest BCUT2D eigenvalue weighted by Gasteiger charge is 2.15. The van der Waals surface area contributed by atoms with Crippen LogP contribution in [0.15, 0.2) is 53.7 Å². The van der Waals surface area contributed by atoms with E-state index in [0.717, 1.165) is 36.7 Å². The van der Waals surface area contributed by atoms with E-state index in [1.54, 1.807) is 6.20 Å². The molecule has 0 fully saturated rings. The van der Waals surface area contributed by atoms with Crippen LogP contribution in [0.3, 0.4) is 0 Å². The molecule has 0 bridgehead atoms. The highest BCUT2D eigenvalue weighted by atomic mass is 16.1. The molecule has 0 saturated carbocycles. The van der Waals surface area contributed by atoms with Crippen molar-refractivity contribution in [1.29, 1.82) is 0 Å². The fourth-order valence-electron chi connectivity index (χ4n) is 2.59. The number of benzene rings is 1. The van der Waals surface area contributed by atoms with Gasteiger partial charge in [-0.3, -0.25) is 9.78 Å². The van der Waals surface area contributed by atoms with Gasteiger partial charge < -0.3 is 16.0 Å². The van der Waals surface area contributed by atoms with Crippen molar-refractivity contribution >= 4 is 11.9 Å². The molecule has 1 amide bonds. The minimum atomic E-state index is -0.263. The van der Waals surface area contributed by atoms with Crippen molar-refractivity contribution in [3.63, 3.8) is 0 Å². The number of aliphatic imine (C=N–C) groups is 1. The Bertz CT molecular complexity index is 781. The first kappa shape index (κ1) is 21.4. The highest BCUT2D eigenvalue weighted by molar-refractivity contribution is 5.94. The Balaban J connectivity index is 1.96. The average molecular weight is 382 g/mol. The number of hydrogen-bond acceptors (Lipinski definition) is 3. The first-order chi connectivity index (χ1) is 13.4. The summed E-state index contributed by atoms with van der Waals surface area (Å²) < 4.78 is 0. The number of rotatable bonds is 7. The topological polar surface area (TPSA) is 78.4 Å². The average Bonchev–Trinajstić information content (AvgIpc) is 2.66. The maximum atomic E-state index is 12.4. The molecule has 0 atom stereocenters. The van der Waals surface area contributed by atoms with Crippen LogP contribution in [-0.2, 0) is 13.0 Å². The molecular formula is C22H31N5O. The largest absolute Gasteiger partial charge is 0.357 e. The zero-order valence-corrected chi connectivity index (χ0v) is 17.2. The van der Waals surface area contributed by atoms with E-state index in [-0.39, 0.29) is 11.4 Å². The zero-order valence-electron chi connectivity index (χ0n) is 17.2. The summed E-state index contributed by atoms with van der Waals surface area (Å²) in [5.74, 6) is 0.682. The number of amides is 1. The fourth-order valence-corrected chi connectivity index (χ4v) is 2.59. The lowest BCUT2D eigenvalue weighted by Gasteiger charge is -2.20. The van der Waals surface area contributed by atoms with Gasteiger partial charge in [-0.1, -0.05) is 18.2 Å². The molecule has 6 heteroatoms. The van der Waals surface area contributed by atoms with E-state index >= 15 is 0 Å². The summed E-state index contributed by atoms with van der Waals surface area (Å²) in [6.45, 7) is 9.97. The van der Waals surface area contributed by atoms with Gasteiger partial charge in [0, 0.05) is 42.5 Å². The summed E-state index contributed by atoms with van der Waals surface area (Å²) in [6.07, 6.45) is 2.63. The standard InChI is InChI=1S/C22H31N5O/c1-5-23-21(25-14-12-19-11-6-7-13-24-19)26-16-17-9-8-10-18(15-17)20(28)27-22(2,3)4/h6-11,13,15H,5,12,14,16H2,1-4H3,(H,27,28)(H2,23,25,26). The number of guanidine groups is 1. The van der Waals surface area contributed by atoms with Gasteiger partial charge in [0.2, 0.25) is 0 Å². The van der Waals surface area contributed by atoms with Crippen LogP contribution >= 0.6 is 0 Å². The Labute approximate surface area is 167 Å². The summed E-state index contributed by atoms with van der Waals surface area (Å²) in [6, 6.07) is 13.5. The van der Waals surface area contributed by atoms with Crippen LogP contribution in [0, 0.1) is 0 Å². The zero-order chi connectivity index (χ0) is 20.4. The molecule has 28 heavy (non-hydrogen) atoms. The third kappa shape index (κ3) is 7.78. The molecule has 1 heterocycles. The summed E-state index contributed by atoms with van der Waals surface area (Å²) in [4.78, 5) is 21.3. The summed E-state index contributed by atoms with van der Waals surface area (Å²) in [5.41, 5.74) is 2.42. The van der Waals surface area contributed by atoms with Crippen molar-refractivity contribution in [2.24, 2.45) is 4.99 Å². The van der Waals surface area contributed by atoms with Crippen LogP contribution in [0.1, 0.15) is 49.3 Å². The molecule has 0 aliphatic rings. The van der Waals surface area contributed by atoms with E-state index < -0.39 is 0 Å². The molecule has 0 aliphatic heterocycles. The number of pyridine rings is 1. The number of hydrogen-bond donors (Lipinski definition) is 3. The van der Waals surface area contributed by atoms with E-state index in [1.165, 1.54) is 0 Å². The summed E-state index contributed by atoms with van der Waals surface area (Å²) in [7, 11) is 0. The van der Waals surface area contributed by atoms with E-state index in [2.05, 4.69) is 25.9 Å². The van der Waals surface area contributed by atoms with Crippen molar-refractivity contribution in [1.82, 2.24) is 20.9 Å². The molecule has 0 saturated heterocycles. The van der Waals surface area contributed by atoms with Gasteiger partial charge in [0.25, 0.3) is 5.91 Å². The smallest absolute Gasteiger partial charge is 0.251 e. The first-order valence-electron chi connectivity index (χ1n) is 9.71. The van der Waals surface area contributed by atoms with E-state index in [9.17, 15) is 4.79 Å². The fraction of sp³-hybridized carbons (Fsp3) is 0.409. The maximum Gasteiger partial charge on any atom is 0.251 e. The van der Waals surface area contributed by atoms with Crippen molar-refractivity contribution in [2.45, 2.75) is 46.2 Å². The molecule has 150 valence electrons. The number of carbonyl (C=O) groups excluding carboxylic acids is 1. The van der Waals surface area contributed by atoms with Gasteiger partial charge in [0.05, 0.1) is 6.54 Å². The molecule has 3 N–H and O–H groups in total. The quantitative estimate of drug-likeness (QED) is 0.509. The van der Waals surface area contributed by atoms with Crippen molar-refractivity contribution in [3.05, 3.63) is 65.5 Å². The lowest BCUT2D eigenvalue weighted by atomic mass is 10.1. The number of nitrogens with one attached hydrogen (secondary N) is 3. The van der Waals surface area contributed by atoms with Gasteiger partial charge in [-0.05, 0) is 57.5 Å². The molecule has 1 aromatic carbocycles. The Kier molecular flexibility index (Phi) is 7.99. The predicted molar refractivity (Wildman–Crippen MR) is 114 cm³/mol. The molecule has 0 aliphatic carbocycles. The molecule has 1 aromatic heterocycles. The van der Waals surface area contributed by atoms with Crippen LogP contribution < -0.4 is 16.0 Å². The normalized spacial score (nSPS) is 11.8. The molecular weight excluding hydrogens is 350 g/mol. The Morgan fingerprint density at radius 3 is 2.61 bits per heavy atom. The third-order valence-corrected chi connectivity index (χ3v) is 3.84. The lowest BCUT2D eigenvalue weighted by Crippen LogP contribution is -2.40. The predicted octanol–water partition coefficient (Wildman–Crippen LogP) is 2.91. The highest BCUT2D eigenvalue weighted by Crippen LogP contribution is 2.09. The van der Waals surface area contributed by atoms with E-state index in [4.69, 9.17) is 0 Å². The molecule has 2 aromatic rings. The number of aromatic nitrogens is 1. The second-order valence-corrected chi connectivity index (χ2v) is 7.60. The van der Waals surface area contributed by atoms with Gasteiger partial charge in [-0.2, -0.15) is 0 Å². The molecule has 0 spiro atoms.